The summed E-state index contributed by atoms with van der Waals surface area (Å²) in [7, 11) is 0. The van der Waals surface area contributed by atoms with Gasteiger partial charge >= 0.3 is 0 Å². The van der Waals surface area contributed by atoms with Crippen molar-refractivity contribution in [3.05, 3.63) is 0 Å². The van der Waals surface area contributed by atoms with Crippen LogP contribution in [-0.2, 0) is 9.59 Å². The Labute approximate surface area is 79.7 Å². The van der Waals surface area contributed by atoms with Crippen LogP contribution < -0.4 is 5.73 Å². The number of amides is 1. The third kappa shape index (κ3) is 4.65. The maximum absolute atomic E-state index is 11.4. The molecule has 0 aliphatic carbocycles. The molecule has 13 heavy (non-hydrogen) atoms. The number of hydrogen-bond donors (Lipinski definition) is 1. The van der Waals surface area contributed by atoms with Crippen molar-refractivity contribution in [1.29, 1.82) is 0 Å². The van der Waals surface area contributed by atoms with E-state index in [1.54, 1.807) is 13.8 Å². The molecule has 0 saturated carbocycles. The smallest absolute Gasteiger partial charge is 0.223 e. The molecule has 76 valence electrons. The summed E-state index contributed by atoms with van der Waals surface area (Å²) in [4.78, 5) is 22.3. The number of carbonyl (C=O) groups excluding carboxylic acids is 2. The Bertz CT molecular complexity index is 207. The fraction of sp³-hybridized carbons (Fsp3) is 0.800. The Hall–Kier alpha value is -0.860. The average molecular weight is 185 g/mol. The number of primary amides is 1. The number of hydrogen-bond acceptors (Lipinski definition) is 2. The summed E-state index contributed by atoms with van der Waals surface area (Å²) in [6, 6.07) is 0. The molecule has 3 heteroatoms. The van der Waals surface area contributed by atoms with Crippen molar-refractivity contribution in [3.8, 4) is 0 Å². The van der Waals surface area contributed by atoms with Crippen LogP contribution in [0.2, 0.25) is 0 Å². The van der Waals surface area contributed by atoms with Crippen molar-refractivity contribution in [1.82, 2.24) is 0 Å². The van der Waals surface area contributed by atoms with Gasteiger partial charge in [0.2, 0.25) is 5.91 Å². The van der Waals surface area contributed by atoms with Crippen molar-refractivity contribution >= 4 is 11.7 Å². The Balaban J connectivity index is 4.12. The lowest BCUT2D eigenvalue weighted by Crippen LogP contribution is -2.33. The second kappa shape index (κ2) is 4.40. The van der Waals surface area contributed by atoms with Crippen molar-refractivity contribution in [2.75, 3.05) is 0 Å². The predicted molar refractivity (Wildman–Crippen MR) is 52.1 cm³/mol. The lowest BCUT2D eigenvalue weighted by atomic mass is 9.85. The van der Waals surface area contributed by atoms with Crippen molar-refractivity contribution < 1.29 is 9.59 Å². The molecule has 2 N–H and O–H groups in total. The van der Waals surface area contributed by atoms with Gasteiger partial charge in [0.25, 0.3) is 0 Å². The molecule has 0 aliphatic rings. The van der Waals surface area contributed by atoms with Crippen LogP contribution in [0.1, 0.15) is 40.5 Å². The van der Waals surface area contributed by atoms with E-state index in [-0.39, 0.29) is 12.2 Å². The van der Waals surface area contributed by atoms with E-state index in [2.05, 4.69) is 0 Å². The zero-order chi connectivity index (χ0) is 10.6. The van der Waals surface area contributed by atoms with E-state index < -0.39 is 11.3 Å². The van der Waals surface area contributed by atoms with Crippen LogP contribution in [0.4, 0.5) is 0 Å². The van der Waals surface area contributed by atoms with Crippen LogP contribution in [-0.4, -0.2) is 11.7 Å². The Morgan fingerprint density at radius 3 is 2.08 bits per heavy atom. The highest BCUT2D eigenvalue weighted by Gasteiger charge is 2.27. The third-order valence-corrected chi connectivity index (χ3v) is 1.94. The number of carbonyl (C=O) groups is 2. The molecule has 0 aromatic rings. The summed E-state index contributed by atoms with van der Waals surface area (Å²) < 4.78 is 0. The molecular formula is C10H19NO2. The van der Waals surface area contributed by atoms with Gasteiger partial charge < -0.3 is 5.73 Å². The molecule has 0 atom stereocenters. The Kier molecular flexibility index (Phi) is 4.11. The topological polar surface area (TPSA) is 60.2 Å². The van der Waals surface area contributed by atoms with E-state index in [1.807, 2.05) is 13.8 Å². The second-order valence-corrected chi connectivity index (χ2v) is 4.56. The zero-order valence-corrected chi connectivity index (χ0v) is 8.89. The fourth-order valence-electron chi connectivity index (χ4n) is 1.11. The molecule has 0 radical (unpaired) electrons. The Morgan fingerprint density at radius 2 is 1.77 bits per heavy atom. The average Bonchev–Trinajstić information content (AvgIpc) is 1.82. The van der Waals surface area contributed by atoms with E-state index >= 15 is 0 Å². The zero-order valence-electron chi connectivity index (χ0n) is 8.89. The summed E-state index contributed by atoms with van der Waals surface area (Å²) in [5.41, 5.74) is 4.46. The first kappa shape index (κ1) is 12.1. The summed E-state index contributed by atoms with van der Waals surface area (Å²) in [6.07, 6.45) is 0.775. The molecule has 3 nitrogen and oxygen atoms in total. The largest absolute Gasteiger partial charge is 0.369 e. The molecular weight excluding hydrogens is 166 g/mol. The van der Waals surface area contributed by atoms with Gasteiger partial charge in [-0.15, -0.1) is 0 Å². The highest BCUT2D eigenvalue weighted by Crippen LogP contribution is 2.21. The first-order valence-electron chi connectivity index (χ1n) is 4.57. The van der Waals surface area contributed by atoms with E-state index in [1.165, 1.54) is 0 Å². The predicted octanol–water partition coefficient (Wildman–Crippen LogP) is 1.50. The molecule has 0 aromatic carbocycles. The highest BCUT2D eigenvalue weighted by molar-refractivity contribution is 5.88. The highest BCUT2D eigenvalue weighted by atomic mass is 16.1. The normalized spacial score (nSPS) is 11.8. The standard InChI is InChI=1S/C10H19NO2/c1-7(2)5-8(12)6-10(3,4)9(11)13/h7H,5-6H2,1-4H3,(H2,11,13). The molecule has 0 heterocycles. The van der Waals surface area contributed by atoms with Gasteiger partial charge in [0.1, 0.15) is 5.78 Å². The van der Waals surface area contributed by atoms with Gasteiger partial charge in [0.15, 0.2) is 0 Å². The van der Waals surface area contributed by atoms with Crippen molar-refractivity contribution in [2.24, 2.45) is 17.1 Å². The van der Waals surface area contributed by atoms with Gasteiger partial charge in [-0.3, -0.25) is 9.59 Å². The summed E-state index contributed by atoms with van der Waals surface area (Å²) in [5, 5.41) is 0. The minimum Gasteiger partial charge on any atom is -0.369 e. The minimum atomic E-state index is -0.702. The minimum absolute atomic E-state index is 0.110. The quantitative estimate of drug-likeness (QED) is 0.705. The number of nitrogens with two attached hydrogens (primary N) is 1. The van der Waals surface area contributed by atoms with E-state index in [4.69, 9.17) is 5.73 Å². The fourth-order valence-corrected chi connectivity index (χ4v) is 1.11. The number of Topliss-reactive ketones (excluding diaryl/α,β-unsaturated/α-hetero) is 1. The summed E-state index contributed by atoms with van der Waals surface area (Å²) in [5.74, 6) is 0.0413. The second-order valence-electron chi connectivity index (χ2n) is 4.56. The molecule has 0 unspecified atom stereocenters. The van der Waals surface area contributed by atoms with Crippen LogP contribution in [0.3, 0.4) is 0 Å². The van der Waals surface area contributed by atoms with Crippen molar-refractivity contribution in [3.63, 3.8) is 0 Å². The maximum atomic E-state index is 11.4. The van der Waals surface area contributed by atoms with Crippen LogP contribution in [0.15, 0.2) is 0 Å². The van der Waals surface area contributed by atoms with Gasteiger partial charge in [-0.1, -0.05) is 27.7 Å². The lowest BCUT2D eigenvalue weighted by Gasteiger charge is -2.19. The Morgan fingerprint density at radius 1 is 1.31 bits per heavy atom. The third-order valence-electron chi connectivity index (χ3n) is 1.94. The van der Waals surface area contributed by atoms with Gasteiger partial charge in [-0.05, 0) is 5.92 Å². The van der Waals surface area contributed by atoms with Crippen LogP contribution in [0.25, 0.3) is 0 Å². The van der Waals surface area contributed by atoms with Crippen LogP contribution in [0.5, 0.6) is 0 Å². The number of rotatable bonds is 5. The molecule has 0 spiro atoms. The monoisotopic (exact) mass is 185 g/mol. The van der Waals surface area contributed by atoms with E-state index in [0.717, 1.165) is 0 Å². The summed E-state index contributed by atoms with van der Waals surface area (Å²) >= 11 is 0. The maximum Gasteiger partial charge on any atom is 0.223 e. The van der Waals surface area contributed by atoms with Gasteiger partial charge in [0.05, 0.1) is 5.41 Å². The van der Waals surface area contributed by atoms with Crippen LogP contribution in [0, 0.1) is 11.3 Å². The molecule has 0 saturated heterocycles. The van der Waals surface area contributed by atoms with Gasteiger partial charge in [-0.25, -0.2) is 0 Å². The number of ketones is 1. The first-order valence-corrected chi connectivity index (χ1v) is 4.57. The molecule has 0 rings (SSSR count). The van der Waals surface area contributed by atoms with Crippen molar-refractivity contribution in [2.45, 2.75) is 40.5 Å². The molecule has 1 amide bonds. The van der Waals surface area contributed by atoms with E-state index in [9.17, 15) is 9.59 Å². The molecule has 0 aliphatic heterocycles. The SMILES string of the molecule is CC(C)CC(=O)CC(C)(C)C(N)=O. The van der Waals surface area contributed by atoms with Crippen LogP contribution >= 0.6 is 0 Å². The van der Waals surface area contributed by atoms with Gasteiger partial charge in [0, 0.05) is 12.8 Å². The first-order chi connectivity index (χ1) is 5.75. The summed E-state index contributed by atoms with van der Waals surface area (Å²) in [6.45, 7) is 7.37. The van der Waals surface area contributed by atoms with E-state index in [0.29, 0.717) is 12.3 Å². The lowest BCUT2D eigenvalue weighted by molar-refractivity contribution is -0.131. The molecule has 0 aromatic heterocycles. The van der Waals surface area contributed by atoms with Gasteiger partial charge in [-0.2, -0.15) is 0 Å². The molecule has 0 bridgehead atoms. The molecule has 0 fully saturated rings.